The second-order valence-electron chi connectivity index (χ2n) is 7.95. The molecule has 3 aromatic rings. The van der Waals surface area contributed by atoms with Crippen LogP contribution in [-0.2, 0) is 14.6 Å². The van der Waals surface area contributed by atoms with E-state index in [9.17, 15) is 18.0 Å². The number of aromatic nitrogens is 1. The minimum atomic E-state index is -3.34. The first-order valence-electron chi connectivity index (χ1n) is 10.4. The summed E-state index contributed by atoms with van der Waals surface area (Å²) in [7, 11) is -3.34. The Hall–Kier alpha value is -3.77. The molecule has 0 spiro atoms. The van der Waals surface area contributed by atoms with E-state index in [0.29, 0.717) is 29.4 Å². The van der Waals surface area contributed by atoms with Crippen molar-refractivity contribution in [2.24, 2.45) is 0 Å². The number of likely N-dealkylation sites (tertiary alicyclic amines) is 1. The number of nitriles is 1. The van der Waals surface area contributed by atoms with E-state index >= 15 is 0 Å². The molecule has 33 heavy (non-hydrogen) atoms. The van der Waals surface area contributed by atoms with Crippen LogP contribution in [0, 0.1) is 11.3 Å². The molecular formula is C24H22N4O4S. The van der Waals surface area contributed by atoms with Crippen LogP contribution in [0.15, 0.2) is 59.6 Å². The van der Waals surface area contributed by atoms with Crippen molar-refractivity contribution in [3.05, 3.63) is 60.3 Å². The van der Waals surface area contributed by atoms with Crippen molar-refractivity contribution in [3.8, 4) is 17.2 Å². The summed E-state index contributed by atoms with van der Waals surface area (Å²) >= 11 is 0. The highest BCUT2D eigenvalue weighted by molar-refractivity contribution is 7.90. The fraction of sp³-hybridized carbons (Fsp3) is 0.250. The molecule has 0 radical (unpaired) electrons. The fourth-order valence-electron chi connectivity index (χ4n) is 3.98. The molecule has 9 heteroatoms. The van der Waals surface area contributed by atoms with Gasteiger partial charge in [-0.25, -0.2) is 8.42 Å². The molecule has 1 atom stereocenters. The zero-order chi connectivity index (χ0) is 23.6. The molecule has 168 valence electrons. The quantitative estimate of drug-likeness (QED) is 0.622. The van der Waals surface area contributed by atoms with Crippen molar-refractivity contribution < 1.29 is 18.0 Å². The standard InChI is InChI=1S/C24H22N4O4S/c1-33(31,32)19-6-2-4-16(12-19)17-7-8-20-21(9-10-26-22(20)13-17)24(30)27-15-23(29)28-11-3-5-18(28)14-25/h2,4,6-10,12-13,18H,3,5,11,15H2,1H3,(H,27,30)/t18-/m0/s1. The summed E-state index contributed by atoms with van der Waals surface area (Å²) in [5, 5.41) is 12.4. The highest BCUT2D eigenvalue weighted by atomic mass is 32.2. The number of nitrogens with zero attached hydrogens (tertiary/aromatic N) is 3. The molecule has 2 heterocycles. The number of fused-ring (bicyclic) bond motifs is 1. The SMILES string of the molecule is CS(=O)(=O)c1cccc(-c2ccc3c(C(=O)NCC(=O)N4CCC[C@H]4C#N)ccnc3c2)c1. The second-order valence-corrected chi connectivity index (χ2v) is 9.96. The number of rotatable bonds is 5. The Morgan fingerprint density at radius 3 is 2.73 bits per heavy atom. The van der Waals surface area contributed by atoms with Crippen LogP contribution in [0.5, 0.6) is 0 Å². The number of amides is 2. The van der Waals surface area contributed by atoms with E-state index in [2.05, 4.69) is 16.4 Å². The average Bonchev–Trinajstić information content (AvgIpc) is 3.30. The van der Waals surface area contributed by atoms with Crippen molar-refractivity contribution >= 4 is 32.6 Å². The monoisotopic (exact) mass is 462 g/mol. The third-order valence-corrected chi connectivity index (χ3v) is 6.82. The lowest BCUT2D eigenvalue weighted by Crippen LogP contribution is -2.42. The van der Waals surface area contributed by atoms with Crippen LogP contribution in [0.1, 0.15) is 23.2 Å². The van der Waals surface area contributed by atoms with Crippen LogP contribution in [0.25, 0.3) is 22.0 Å². The molecule has 4 rings (SSSR count). The zero-order valence-corrected chi connectivity index (χ0v) is 18.8. The van der Waals surface area contributed by atoms with Crippen molar-refractivity contribution in [1.82, 2.24) is 15.2 Å². The minimum absolute atomic E-state index is 0.183. The molecule has 1 aromatic heterocycles. The number of carbonyl (C=O) groups excluding carboxylic acids is 2. The Bertz CT molecular complexity index is 1400. The maximum atomic E-state index is 12.8. The molecule has 0 aliphatic carbocycles. The summed E-state index contributed by atoms with van der Waals surface area (Å²) in [5.74, 6) is -0.686. The van der Waals surface area contributed by atoms with E-state index in [1.807, 2.05) is 6.07 Å². The molecule has 0 saturated carbocycles. The number of carbonyl (C=O) groups is 2. The van der Waals surface area contributed by atoms with Crippen LogP contribution in [0.3, 0.4) is 0 Å². The average molecular weight is 463 g/mol. The molecule has 1 aliphatic rings. The number of pyridine rings is 1. The molecule has 2 aromatic carbocycles. The number of nitrogens with one attached hydrogen (secondary N) is 1. The fourth-order valence-corrected chi connectivity index (χ4v) is 4.65. The van der Waals surface area contributed by atoms with Gasteiger partial charge in [0.05, 0.1) is 28.6 Å². The lowest BCUT2D eigenvalue weighted by Gasteiger charge is -2.19. The van der Waals surface area contributed by atoms with Crippen LogP contribution < -0.4 is 5.32 Å². The predicted octanol–water partition coefficient (Wildman–Crippen LogP) is 2.55. The minimum Gasteiger partial charge on any atom is -0.343 e. The van der Waals surface area contributed by atoms with Gasteiger partial charge in [0, 0.05) is 24.4 Å². The van der Waals surface area contributed by atoms with E-state index in [1.165, 1.54) is 11.1 Å². The molecule has 1 saturated heterocycles. The number of hydrogen-bond acceptors (Lipinski definition) is 6. The second kappa shape index (κ2) is 9.00. The number of hydrogen-bond donors (Lipinski definition) is 1. The Morgan fingerprint density at radius 1 is 1.18 bits per heavy atom. The summed E-state index contributed by atoms with van der Waals surface area (Å²) in [6.07, 6.45) is 4.11. The topological polar surface area (TPSA) is 120 Å². The Kier molecular flexibility index (Phi) is 6.11. The first kappa shape index (κ1) is 22.4. The summed E-state index contributed by atoms with van der Waals surface area (Å²) in [6, 6.07) is 15.3. The van der Waals surface area contributed by atoms with E-state index < -0.39 is 21.8 Å². The first-order valence-corrected chi connectivity index (χ1v) is 12.3. The maximum Gasteiger partial charge on any atom is 0.252 e. The van der Waals surface area contributed by atoms with Crippen molar-refractivity contribution in [2.75, 3.05) is 19.3 Å². The largest absolute Gasteiger partial charge is 0.343 e. The van der Waals surface area contributed by atoms with Gasteiger partial charge in [0.25, 0.3) is 5.91 Å². The molecule has 0 bridgehead atoms. The Morgan fingerprint density at radius 2 is 1.97 bits per heavy atom. The van der Waals surface area contributed by atoms with Gasteiger partial charge < -0.3 is 10.2 Å². The smallest absolute Gasteiger partial charge is 0.252 e. The molecular weight excluding hydrogens is 440 g/mol. The normalized spacial score (nSPS) is 15.9. The number of sulfone groups is 1. The van der Waals surface area contributed by atoms with Gasteiger partial charge in [-0.05, 0) is 48.2 Å². The van der Waals surface area contributed by atoms with Gasteiger partial charge in [-0.2, -0.15) is 5.26 Å². The molecule has 1 fully saturated rings. The summed E-state index contributed by atoms with van der Waals surface area (Å²) < 4.78 is 23.8. The van der Waals surface area contributed by atoms with E-state index in [1.54, 1.807) is 42.5 Å². The van der Waals surface area contributed by atoms with E-state index in [-0.39, 0.29) is 17.3 Å². The van der Waals surface area contributed by atoms with Gasteiger partial charge in [0.15, 0.2) is 9.84 Å². The van der Waals surface area contributed by atoms with Gasteiger partial charge in [0.2, 0.25) is 5.91 Å². The Labute approximate surface area is 191 Å². The van der Waals surface area contributed by atoms with Crippen molar-refractivity contribution in [1.29, 1.82) is 5.26 Å². The first-order chi connectivity index (χ1) is 15.8. The van der Waals surface area contributed by atoms with Crippen molar-refractivity contribution in [2.45, 2.75) is 23.8 Å². The molecule has 1 aliphatic heterocycles. The third kappa shape index (κ3) is 4.71. The highest BCUT2D eigenvalue weighted by Gasteiger charge is 2.28. The molecule has 2 amide bonds. The molecule has 1 N–H and O–H groups in total. The van der Waals surface area contributed by atoms with Gasteiger partial charge in [-0.3, -0.25) is 14.6 Å². The van der Waals surface area contributed by atoms with Crippen LogP contribution in [-0.4, -0.2) is 55.5 Å². The van der Waals surface area contributed by atoms with Gasteiger partial charge >= 0.3 is 0 Å². The zero-order valence-electron chi connectivity index (χ0n) is 18.0. The lowest BCUT2D eigenvalue weighted by molar-refractivity contribution is -0.130. The summed E-state index contributed by atoms with van der Waals surface area (Å²) in [6.45, 7) is 0.339. The predicted molar refractivity (Wildman–Crippen MR) is 123 cm³/mol. The highest BCUT2D eigenvalue weighted by Crippen LogP contribution is 2.27. The van der Waals surface area contributed by atoms with Gasteiger partial charge in [-0.15, -0.1) is 0 Å². The van der Waals surface area contributed by atoms with E-state index in [0.717, 1.165) is 23.8 Å². The molecule has 0 unspecified atom stereocenters. The number of benzene rings is 2. The lowest BCUT2D eigenvalue weighted by atomic mass is 10.0. The third-order valence-electron chi connectivity index (χ3n) is 5.71. The summed E-state index contributed by atoms with van der Waals surface area (Å²) in [5.41, 5.74) is 2.44. The van der Waals surface area contributed by atoms with Crippen LogP contribution >= 0.6 is 0 Å². The van der Waals surface area contributed by atoms with Gasteiger partial charge in [0.1, 0.15) is 6.04 Å². The summed E-state index contributed by atoms with van der Waals surface area (Å²) in [4.78, 5) is 31.3. The Balaban J connectivity index is 1.56. The van der Waals surface area contributed by atoms with E-state index in [4.69, 9.17) is 5.26 Å². The molecule has 8 nitrogen and oxygen atoms in total. The van der Waals surface area contributed by atoms with Crippen LogP contribution in [0.2, 0.25) is 0 Å². The van der Waals surface area contributed by atoms with Gasteiger partial charge in [-0.1, -0.05) is 24.3 Å². The van der Waals surface area contributed by atoms with Crippen LogP contribution in [0.4, 0.5) is 0 Å². The van der Waals surface area contributed by atoms with Crippen molar-refractivity contribution in [3.63, 3.8) is 0 Å². The maximum absolute atomic E-state index is 12.8.